The van der Waals surface area contributed by atoms with Gasteiger partial charge >= 0.3 is 0 Å². The van der Waals surface area contributed by atoms with E-state index in [1.54, 1.807) is 8.61 Å². The van der Waals surface area contributed by atoms with E-state index in [9.17, 15) is 8.42 Å². The average molecular weight is 312 g/mol. The first-order valence-corrected chi connectivity index (χ1v) is 8.42. The highest BCUT2D eigenvalue weighted by molar-refractivity contribution is 7.86. The summed E-state index contributed by atoms with van der Waals surface area (Å²) in [4.78, 5) is 0. The van der Waals surface area contributed by atoms with Gasteiger partial charge in [-0.3, -0.25) is 0 Å². The van der Waals surface area contributed by atoms with Crippen molar-refractivity contribution >= 4 is 22.6 Å². The van der Waals surface area contributed by atoms with Gasteiger partial charge in [-0.1, -0.05) is 6.42 Å². The lowest BCUT2D eigenvalue weighted by atomic mass is 9.92. The van der Waals surface area contributed by atoms with Gasteiger partial charge in [0.25, 0.3) is 10.2 Å². The molecule has 1 unspecified atom stereocenters. The Balaban J connectivity index is 0.00000180. The average Bonchev–Trinajstić information content (AvgIpc) is 2.40. The Morgan fingerprint density at radius 2 is 1.47 bits per heavy atom. The number of hydrogen-bond acceptors (Lipinski definition) is 3. The second-order valence-corrected chi connectivity index (χ2v) is 7.49. The SMILES string of the molecule is CC(N)C1CCN(S(=O)(=O)N2CCCCC2)CC1.Cl. The highest BCUT2D eigenvalue weighted by Crippen LogP contribution is 2.24. The largest absolute Gasteiger partial charge is 0.328 e. The first kappa shape index (κ1) is 17.2. The summed E-state index contributed by atoms with van der Waals surface area (Å²) >= 11 is 0. The Hall–Kier alpha value is 0.120. The fraction of sp³-hybridized carbons (Fsp3) is 1.00. The van der Waals surface area contributed by atoms with Crippen LogP contribution in [-0.2, 0) is 10.2 Å². The summed E-state index contributed by atoms with van der Waals surface area (Å²) in [6.45, 7) is 4.65. The lowest BCUT2D eigenvalue weighted by Crippen LogP contribution is -2.50. The van der Waals surface area contributed by atoms with E-state index in [-0.39, 0.29) is 18.4 Å². The maximum Gasteiger partial charge on any atom is 0.281 e. The molecule has 0 radical (unpaired) electrons. The van der Waals surface area contributed by atoms with E-state index in [0.717, 1.165) is 32.1 Å². The summed E-state index contributed by atoms with van der Waals surface area (Å²) in [7, 11) is -3.21. The molecule has 2 aliphatic heterocycles. The van der Waals surface area contributed by atoms with Crippen LogP contribution in [0.1, 0.15) is 39.0 Å². The molecule has 2 fully saturated rings. The van der Waals surface area contributed by atoms with Crippen LogP contribution in [0.4, 0.5) is 0 Å². The van der Waals surface area contributed by atoms with E-state index in [1.807, 2.05) is 6.92 Å². The molecule has 2 saturated heterocycles. The Bertz CT molecular complexity index is 361. The van der Waals surface area contributed by atoms with Gasteiger partial charge in [0, 0.05) is 32.2 Å². The zero-order valence-electron chi connectivity index (χ0n) is 11.6. The molecule has 2 N–H and O–H groups in total. The zero-order chi connectivity index (χ0) is 13.2. The third-order valence-corrected chi connectivity index (χ3v) is 6.25. The van der Waals surface area contributed by atoms with Crippen molar-refractivity contribution in [2.75, 3.05) is 26.2 Å². The Labute approximate surface area is 123 Å². The van der Waals surface area contributed by atoms with Crippen molar-refractivity contribution < 1.29 is 8.42 Å². The van der Waals surface area contributed by atoms with Crippen LogP contribution in [0.2, 0.25) is 0 Å². The van der Waals surface area contributed by atoms with Crippen LogP contribution < -0.4 is 5.73 Å². The van der Waals surface area contributed by atoms with Crippen LogP contribution in [0.15, 0.2) is 0 Å². The van der Waals surface area contributed by atoms with Gasteiger partial charge in [0.05, 0.1) is 0 Å². The predicted octanol–water partition coefficient (Wildman–Crippen LogP) is 1.20. The molecule has 0 bridgehead atoms. The zero-order valence-corrected chi connectivity index (χ0v) is 13.3. The van der Waals surface area contributed by atoms with Gasteiger partial charge in [0.15, 0.2) is 0 Å². The molecule has 2 rings (SSSR count). The molecule has 0 aliphatic carbocycles. The minimum Gasteiger partial charge on any atom is -0.328 e. The topological polar surface area (TPSA) is 66.6 Å². The Morgan fingerprint density at radius 1 is 1.00 bits per heavy atom. The van der Waals surface area contributed by atoms with Gasteiger partial charge in [-0.05, 0) is 38.5 Å². The van der Waals surface area contributed by atoms with Crippen LogP contribution in [-0.4, -0.2) is 49.2 Å². The van der Waals surface area contributed by atoms with Crippen LogP contribution in [0.5, 0.6) is 0 Å². The normalized spacial score (nSPS) is 25.8. The molecule has 0 saturated carbocycles. The van der Waals surface area contributed by atoms with Gasteiger partial charge in [0.2, 0.25) is 0 Å². The molecule has 0 aromatic heterocycles. The number of halogens is 1. The molecule has 0 aromatic rings. The number of nitrogens with two attached hydrogens (primary N) is 1. The van der Waals surface area contributed by atoms with Gasteiger partial charge in [-0.2, -0.15) is 17.0 Å². The maximum absolute atomic E-state index is 12.4. The smallest absolute Gasteiger partial charge is 0.281 e. The van der Waals surface area contributed by atoms with Crippen molar-refractivity contribution in [3.05, 3.63) is 0 Å². The molecule has 1 atom stereocenters. The summed E-state index contributed by atoms with van der Waals surface area (Å²) in [6, 6.07) is 0.171. The minimum absolute atomic E-state index is 0. The highest BCUT2D eigenvalue weighted by atomic mass is 35.5. The first-order valence-electron chi connectivity index (χ1n) is 7.02. The van der Waals surface area contributed by atoms with Crippen molar-refractivity contribution in [2.45, 2.75) is 45.1 Å². The predicted molar refractivity (Wildman–Crippen MR) is 79.5 cm³/mol. The van der Waals surface area contributed by atoms with Crippen LogP contribution in [0.3, 0.4) is 0 Å². The molecular formula is C12H26ClN3O2S. The molecule has 0 aromatic carbocycles. The Morgan fingerprint density at radius 3 is 1.95 bits per heavy atom. The molecule has 2 heterocycles. The van der Waals surface area contributed by atoms with Crippen molar-refractivity contribution in [3.63, 3.8) is 0 Å². The highest BCUT2D eigenvalue weighted by Gasteiger charge is 2.33. The molecular weight excluding hydrogens is 286 g/mol. The summed E-state index contributed by atoms with van der Waals surface area (Å²) in [5.41, 5.74) is 5.89. The molecule has 19 heavy (non-hydrogen) atoms. The van der Waals surface area contributed by atoms with E-state index in [0.29, 0.717) is 32.1 Å². The van der Waals surface area contributed by atoms with E-state index in [4.69, 9.17) is 5.73 Å². The molecule has 0 amide bonds. The summed E-state index contributed by atoms with van der Waals surface area (Å²) in [5, 5.41) is 0. The first-order chi connectivity index (χ1) is 8.51. The fourth-order valence-corrected chi connectivity index (χ4v) is 4.61. The molecule has 0 spiro atoms. The van der Waals surface area contributed by atoms with Crippen LogP contribution >= 0.6 is 12.4 Å². The van der Waals surface area contributed by atoms with Crippen LogP contribution in [0, 0.1) is 5.92 Å². The minimum atomic E-state index is -3.21. The van der Waals surface area contributed by atoms with Gasteiger partial charge in [-0.25, -0.2) is 0 Å². The van der Waals surface area contributed by atoms with Crippen molar-refractivity contribution in [2.24, 2.45) is 11.7 Å². The van der Waals surface area contributed by atoms with E-state index in [1.165, 1.54) is 0 Å². The second kappa shape index (κ2) is 7.22. The summed E-state index contributed by atoms with van der Waals surface area (Å²) in [5.74, 6) is 0.470. The van der Waals surface area contributed by atoms with Gasteiger partial charge in [-0.15, -0.1) is 12.4 Å². The number of nitrogens with zero attached hydrogens (tertiary/aromatic N) is 2. The standard InChI is InChI=1S/C12H25N3O2S.ClH/c1-11(13)12-5-9-15(10-6-12)18(16,17)14-7-3-2-4-8-14;/h11-12H,2-10,13H2,1H3;1H. The fourth-order valence-electron chi connectivity index (χ4n) is 2.89. The number of piperidine rings is 2. The lowest BCUT2D eigenvalue weighted by Gasteiger charge is -2.37. The third kappa shape index (κ3) is 4.04. The molecule has 2 aliphatic rings. The Kier molecular flexibility index (Phi) is 6.53. The lowest BCUT2D eigenvalue weighted by molar-refractivity contribution is 0.229. The molecule has 5 nitrogen and oxygen atoms in total. The van der Waals surface area contributed by atoms with E-state index in [2.05, 4.69) is 0 Å². The third-order valence-electron chi connectivity index (χ3n) is 4.21. The number of rotatable bonds is 3. The summed E-state index contributed by atoms with van der Waals surface area (Å²) in [6.07, 6.45) is 4.93. The van der Waals surface area contributed by atoms with E-state index >= 15 is 0 Å². The van der Waals surface area contributed by atoms with Gasteiger partial charge in [0.1, 0.15) is 0 Å². The van der Waals surface area contributed by atoms with Crippen molar-refractivity contribution in [3.8, 4) is 0 Å². The monoisotopic (exact) mass is 311 g/mol. The maximum atomic E-state index is 12.4. The summed E-state index contributed by atoms with van der Waals surface area (Å²) < 4.78 is 28.2. The van der Waals surface area contributed by atoms with Crippen molar-refractivity contribution in [1.82, 2.24) is 8.61 Å². The second-order valence-electron chi connectivity index (χ2n) is 5.56. The van der Waals surface area contributed by atoms with Crippen molar-refractivity contribution in [1.29, 1.82) is 0 Å². The molecule has 114 valence electrons. The van der Waals surface area contributed by atoms with Gasteiger partial charge < -0.3 is 5.73 Å². The quantitative estimate of drug-likeness (QED) is 0.851. The number of hydrogen-bond donors (Lipinski definition) is 1. The molecule has 7 heteroatoms. The van der Waals surface area contributed by atoms with E-state index < -0.39 is 10.2 Å². The van der Waals surface area contributed by atoms with Crippen LogP contribution in [0.25, 0.3) is 0 Å².